The molecule has 8 heteroatoms. The van der Waals surface area contributed by atoms with Crippen LogP contribution in [0.1, 0.15) is 30.3 Å². The Hall–Kier alpha value is -1.99. The van der Waals surface area contributed by atoms with Crippen LogP contribution in [-0.2, 0) is 11.2 Å². The number of hydrogen-bond acceptors (Lipinski definition) is 5. The van der Waals surface area contributed by atoms with Crippen molar-refractivity contribution in [3.05, 3.63) is 41.7 Å². The summed E-state index contributed by atoms with van der Waals surface area (Å²) < 4.78 is 1.60. The van der Waals surface area contributed by atoms with Crippen molar-refractivity contribution in [2.24, 2.45) is 0 Å². The second kappa shape index (κ2) is 8.75. The van der Waals surface area contributed by atoms with Gasteiger partial charge >= 0.3 is 0 Å². The maximum atomic E-state index is 12.7. The Morgan fingerprint density at radius 2 is 2.21 bits per heavy atom. The fourth-order valence-electron chi connectivity index (χ4n) is 2.93. The van der Waals surface area contributed by atoms with Crippen LogP contribution in [0.15, 0.2) is 30.3 Å². The van der Waals surface area contributed by atoms with Crippen molar-refractivity contribution in [1.29, 1.82) is 0 Å². The molecule has 1 aromatic heterocycles. The molecule has 1 fully saturated rings. The lowest BCUT2D eigenvalue weighted by molar-refractivity contribution is -0.124. The molecule has 2 aromatic rings. The molecule has 0 saturated carbocycles. The average molecular weight is 351 g/mol. The molecule has 3 rings (SSSR count). The number of aromatic nitrogens is 4. The van der Waals surface area contributed by atoms with Crippen molar-refractivity contribution in [1.82, 2.24) is 30.8 Å². The molecule has 7 nitrogen and oxygen atoms in total. The molecule has 0 spiro atoms. The fourth-order valence-corrected chi connectivity index (χ4v) is 2.93. The number of aryl methyl sites for hydroxylation is 1. The number of carbonyl (C=O) groups excluding carboxylic acids is 1. The van der Waals surface area contributed by atoms with E-state index >= 15 is 0 Å². The summed E-state index contributed by atoms with van der Waals surface area (Å²) in [7, 11) is 0. The Morgan fingerprint density at radius 3 is 2.83 bits per heavy atom. The van der Waals surface area contributed by atoms with Crippen LogP contribution in [-0.4, -0.2) is 45.2 Å². The molecule has 1 saturated heterocycles. The highest BCUT2D eigenvalue weighted by molar-refractivity contribution is 5.85. The summed E-state index contributed by atoms with van der Waals surface area (Å²) >= 11 is 0. The lowest BCUT2D eigenvalue weighted by Gasteiger charge is -2.19. The molecule has 1 aromatic carbocycles. The van der Waals surface area contributed by atoms with E-state index in [0.717, 1.165) is 18.5 Å². The molecule has 2 heterocycles. The first-order valence-electron chi connectivity index (χ1n) is 8.03. The van der Waals surface area contributed by atoms with Crippen molar-refractivity contribution < 1.29 is 4.79 Å². The zero-order valence-electron chi connectivity index (χ0n) is 13.7. The first kappa shape index (κ1) is 18.4. The molecule has 1 aliphatic heterocycles. The Bertz CT molecular complexity index is 641. The van der Waals surface area contributed by atoms with Gasteiger partial charge in [-0.1, -0.05) is 30.3 Å². The molecular weight excluding hydrogens is 328 g/mol. The highest BCUT2D eigenvalue weighted by atomic mass is 35.5. The quantitative estimate of drug-likeness (QED) is 0.813. The first-order chi connectivity index (χ1) is 11.2. The monoisotopic (exact) mass is 350 g/mol. The standard InChI is InChI=1S/C16H22N6O.ClH/c1-12-19-20-21-22(12)15(10-13-6-3-2-4-7-13)16(23)18-11-14-8-5-9-17-14;/h2-4,6-7,14-15,17H,5,8-11H2,1H3,(H,18,23);1H. The first-order valence-corrected chi connectivity index (χ1v) is 8.03. The van der Waals surface area contributed by atoms with E-state index in [1.807, 2.05) is 37.3 Å². The van der Waals surface area contributed by atoms with Crippen LogP contribution in [0.5, 0.6) is 0 Å². The van der Waals surface area contributed by atoms with Gasteiger partial charge in [0.1, 0.15) is 11.9 Å². The normalized spacial score (nSPS) is 18.0. The van der Waals surface area contributed by atoms with Crippen molar-refractivity contribution in [2.75, 3.05) is 13.1 Å². The molecular formula is C16H23ClN6O. The predicted octanol–water partition coefficient (Wildman–Crippen LogP) is 1.06. The second-order valence-electron chi connectivity index (χ2n) is 5.91. The van der Waals surface area contributed by atoms with Gasteiger partial charge in [-0.2, -0.15) is 0 Å². The van der Waals surface area contributed by atoms with E-state index in [4.69, 9.17) is 0 Å². The van der Waals surface area contributed by atoms with Gasteiger partial charge in [0.2, 0.25) is 5.91 Å². The molecule has 24 heavy (non-hydrogen) atoms. The van der Waals surface area contributed by atoms with E-state index < -0.39 is 6.04 Å². The smallest absolute Gasteiger partial charge is 0.245 e. The number of benzene rings is 1. The third-order valence-corrected chi connectivity index (χ3v) is 4.21. The summed E-state index contributed by atoms with van der Waals surface area (Å²) in [4.78, 5) is 12.7. The third kappa shape index (κ3) is 4.52. The number of carbonyl (C=O) groups is 1. The minimum Gasteiger partial charge on any atom is -0.353 e. The fraction of sp³-hybridized carbons (Fsp3) is 0.500. The molecule has 2 unspecified atom stereocenters. The molecule has 0 aliphatic carbocycles. The maximum absolute atomic E-state index is 12.7. The lowest BCUT2D eigenvalue weighted by Crippen LogP contribution is -2.41. The number of nitrogens with zero attached hydrogens (tertiary/aromatic N) is 4. The van der Waals surface area contributed by atoms with Crippen LogP contribution in [0.2, 0.25) is 0 Å². The topological polar surface area (TPSA) is 84.7 Å². The van der Waals surface area contributed by atoms with E-state index in [1.54, 1.807) is 4.68 Å². The number of nitrogens with one attached hydrogen (secondary N) is 2. The van der Waals surface area contributed by atoms with E-state index in [-0.39, 0.29) is 18.3 Å². The van der Waals surface area contributed by atoms with Crippen LogP contribution >= 0.6 is 12.4 Å². The van der Waals surface area contributed by atoms with Crippen molar-refractivity contribution in [3.63, 3.8) is 0 Å². The second-order valence-corrected chi connectivity index (χ2v) is 5.91. The molecule has 2 N–H and O–H groups in total. The third-order valence-electron chi connectivity index (χ3n) is 4.21. The Kier molecular flexibility index (Phi) is 6.69. The number of rotatable bonds is 6. The van der Waals surface area contributed by atoms with Gasteiger partial charge < -0.3 is 10.6 Å². The van der Waals surface area contributed by atoms with Crippen molar-refractivity contribution in [2.45, 2.75) is 38.3 Å². The van der Waals surface area contributed by atoms with Crippen LogP contribution in [0, 0.1) is 6.92 Å². The number of halogens is 1. The molecule has 0 radical (unpaired) electrons. The molecule has 130 valence electrons. The zero-order chi connectivity index (χ0) is 16.1. The number of hydrogen-bond donors (Lipinski definition) is 2. The summed E-state index contributed by atoms with van der Waals surface area (Å²) in [6.07, 6.45) is 2.84. The van der Waals surface area contributed by atoms with Gasteiger partial charge in [0.05, 0.1) is 0 Å². The van der Waals surface area contributed by atoms with Crippen molar-refractivity contribution in [3.8, 4) is 0 Å². The molecule has 2 atom stereocenters. The SMILES string of the molecule is Cc1nnnn1C(Cc1ccccc1)C(=O)NCC1CCCN1.Cl. The minimum absolute atomic E-state index is 0. The number of amides is 1. The van der Waals surface area contributed by atoms with E-state index in [9.17, 15) is 4.79 Å². The zero-order valence-corrected chi connectivity index (χ0v) is 14.5. The van der Waals surface area contributed by atoms with Gasteiger partial charge in [0.25, 0.3) is 0 Å². The van der Waals surface area contributed by atoms with Crippen LogP contribution in [0.3, 0.4) is 0 Å². The number of tetrazole rings is 1. The summed E-state index contributed by atoms with van der Waals surface area (Å²) in [6.45, 7) is 3.48. The summed E-state index contributed by atoms with van der Waals surface area (Å²) in [5, 5.41) is 18.0. The van der Waals surface area contributed by atoms with Crippen molar-refractivity contribution >= 4 is 18.3 Å². The van der Waals surface area contributed by atoms with Gasteiger partial charge in [-0.15, -0.1) is 17.5 Å². The van der Waals surface area contributed by atoms with Crippen LogP contribution in [0.4, 0.5) is 0 Å². The van der Waals surface area contributed by atoms with Gasteiger partial charge in [-0.25, -0.2) is 4.68 Å². The maximum Gasteiger partial charge on any atom is 0.245 e. The largest absolute Gasteiger partial charge is 0.353 e. The van der Waals surface area contributed by atoms with Gasteiger partial charge in [0, 0.05) is 19.0 Å². The molecule has 0 bridgehead atoms. The lowest BCUT2D eigenvalue weighted by atomic mass is 10.1. The summed E-state index contributed by atoms with van der Waals surface area (Å²) in [6, 6.07) is 9.86. The summed E-state index contributed by atoms with van der Waals surface area (Å²) in [5.74, 6) is 0.595. The predicted molar refractivity (Wildman–Crippen MR) is 93.0 cm³/mol. The van der Waals surface area contributed by atoms with Crippen LogP contribution < -0.4 is 10.6 Å². The van der Waals surface area contributed by atoms with Gasteiger partial charge in [-0.05, 0) is 42.3 Å². The van der Waals surface area contributed by atoms with E-state index in [0.29, 0.717) is 24.8 Å². The van der Waals surface area contributed by atoms with E-state index in [2.05, 4.69) is 26.2 Å². The molecule has 1 amide bonds. The molecule has 1 aliphatic rings. The van der Waals surface area contributed by atoms with E-state index in [1.165, 1.54) is 6.42 Å². The van der Waals surface area contributed by atoms with Crippen LogP contribution in [0.25, 0.3) is 0 Å². The van der Waals surface area contributed by atoms with Gasteiger partial charge in [0.15, 0.2) is 0 Å². The van der Waals surface area contributed by atoms with Gasteiger partial charge in [-0.3, -0.25) is 4.79 Å². The Labute approximate surface area is 147 Å². The highest BCUT2D eigenvalue weighted by Crippen LogP contribution is 2.15. The summed E-state index contributed by atoms with van der Waals surface area (Å²) in [5.41, 5.74) is 1.08. The minimum atomic E-state index is -0.436. The Morgan fingerprint density at radius 1 is 1.42 bits per heavy atom. The Balaban J connectivity index is 0.00000208. The average Bonchev–Trinajstić information content (AvgIpc) is 3.23. The highest BCUT2D eigenvalue weighted by Gasteiger charge is 2.25.